The molecule has 2 aromatic carbocycles. The van der Waals surface area contributed by atoms with Crippen LogP contribution in [0.15, 0.2) is 48.5 Å². The maximum atomic E-state index is 12.0. The molecule has 2 aromatic rings. The maximum Gasteiger partial charge on any atom is 0.251 e. The van der Waals surface area contributed by atoms with E-state index in [9.17, 15) is 9.59 Å². The first-order valence-electron chi connectivity index (χ1n) is 8.81. The second-order valence-corrected chi connectivity index (χ2v) is 6.46. The first-order valence-corrected chi connectivity index (χ1v) is 8.81. The van der Waals surface area contributed by atoms with Crippen molar-refractivity contribution in [3.63, 3.8) is 0 Å². The molecule has 0 atom stereocenters. The van der Waals surface area contributed by atoms with Crippen molar-refractivity contribution in [2.24, 2.45) is 0 Å². The van der Waals surface area contributed by atoms with Crippen molar-refractivity contribution in [3.8, 4) is 5.75 Å². The van der Waals surface area contributed by atoms with Crippen LogP contribution in [0.4, 0.5) is 0 Å². The van der Waals surface area contributed by atoms with Gasteiger partial charge in [-0.15, -0.1) is 0 Å². The molecule has 5 heteroatoms. The van der Waals surface area contributed by atoms with Crippen molar-refractivity contribution >= 4 is 11.8 Å². The normalized spacial score (nSPS) is 10.5. The van der Waals surface area contributed by atoms with E-state index in [2.05, 4.69) is 10.6 Å². The Morgan fingerprint density at radius 2 is 1.62 bits per heavy atom. The standard InChI is InChI=1S/C21H26N2O3/c1-15(2)26-19-10-6-17(7-11-19)12-13-22-20(24)14-23-21(25)18-8-4-16(3)5-9-18/h4-11,15H,12-14H2,1-3H3,(H,22,24)(H,23,25). The van der Waals surface area contributed by atoms with Crippen LogP contribution in [-0.4, -0.2) is 31.0 Å². The summed E-state index contributed by atoms with van der Waals surface area (Å²) in [7, 11) is 0. The number of ether oxygens (including phenoxy) is 1. The minimum atomic E-state index is -0.249. The molecular weight excluding hydrogens is 328 g/mol. The summed E-state index contributed by atoms with van der Waals surface area (Å²) in [5, 5.41) is 5.43. The van der Waals surface area contributed by atoms with Crippen LogP contribution in [0.25, 0.3) is 0 Å². The molecule has 5 nitrogen and oxygen atoms in total. The second kappa shape index (κ2) is 9.61. The zero-order chi connectivity index (χ0) is 18.9. The summed E-state index contributed by atoms with van der Waals surface area (Å²) in [6.45, 7) is 6.42. The third-order valence-corrected chi connectivity index (χ3v) is 3.75. The van der Waals surface area contributed by atoms with Gasteiger partial charge in [-0.2, -0.15) is 0 Å². The summed E-state index contributed by atoms with van der Waals surface area (Å²) < 4.78 is 5.60. The lowest BCUT2D eigenvalue weighted by molar-refractivity contribution is -0.120. The van der Waals surface area contributed by atoms with Crippen molar-refractivity contribution in [2.45, 2.75) is 33.3 Å². The Morgan fingerprint density at radius 1 is 0.962 bits per heavy atom. The number of rotatable bonds is 8. The van der Waals surface area contributed by atoms with E-state index in [1.54, 1.807) is 12.1 Å². The Bertz CT molecular complexity index is 722. The van der Waals surface area contributed by atoms with Gasteiger partial charge >= 0.3 is 0 Å². The average molecular weight is 354 g/mol. The van der Waals surface area contributed by atoms with E-state index in [0.717, 1.165) is 23.3 Å². The van der Waals surface area contributed by atoms with Gasteiger partial charge < -0.3 is 15.4 Å². The van der Waals surface area contributed by atoms with E-state index >= 15 is 0 Å². The molecule has 0 bridgehead atoms. The Hall–Kier alpha value is -2.82. The Labute approximate surface area is 154 Å². The minimum Gasteiger partial charge on any atom is -0.491 e. The summed E-state index contributed by atoms with van der Waals surface area (Å²) in [5.74, 6) is 0.387. The first-order chi connectivity index (χ1) is 12.4. The van der Waals surface area contributed by atoms with Gasteiger partial charge in [0.1, 0.15) is 5.75 Å². The molecule has 0 heterocycles. The molecule has 0 unspecified atom stereocenters. The number of carbonyl (C=O) groups is 2. The van der Waals surface area contributed by atoms with Crippen LogP contribution in [0.5, 0.6) is 5.75 Å². The van der Waals surface area contributed by atoms with E-state index in [-0.39, 0.29) is 24.5 Å². The number of nitrogens with one attached hydrogen (secondary N) is 2. The van der Waals surface area contributed by atoms with E-state index in [0.29, 0.717) is 12.1 Å². The number of hydrogen-bond donors (Lipinski definition) is 2. The molecule has 0 saturated carbocycles. The molecule has 0 radical (unpaired) electrons. The van der Waals surface area contributed by atoms with Gasteiger partial charge in [-0.3, -0.25) is 9.59 Å². The molecule has 138 valence electrons. The van der Waals surface area contributed by atoms with Crippen molar-refractivity contribution in [3.05, 3.63) is 65.2 Å². The van der Waals surface area contributed by atoms with Gasteiger partial charge in [0.05, 0.1) is 12.6 Å². The third kappa shape index (κ3) is 6.59. The Balaban J connectivity index is 1.68. The summed E-state index contributed by atoms with van der Waals surface area (Å²) in [6.07, 6.45) is 0.870. The number of hydrogen-bond acceptors (Lipinski definition) is 3. The van der Waals surface area contributed by atoms with Crippen LogP contribution in [0.2, 0.25) is 0 Å². The molecule has 26 heavy (non-hydrogen) atoms. The van der Waals surface area contributed by atoms with Gasteiger partial charge in [0.2, 0.25) is 5.91 Å². The van der Waals surface area contributed by atoms with Crippen LogP contribution >= 0.6 is 0 Å². The van der Waals surface area contributed by atoms with Gasteiger partial charge in [0.15, 0.2) is 0 Å². The van der Waals surface area contributed by atoms with E-state index in [1.807, 2.05) is 57.2 Å². The summed E-state index contributed by atoms with van der Waals surface area (Å²) in [4.78, 5) is 23.8. The first kappa shape index (κ1) is 19.5. The monoisotopic (exact) mass is 354 g/mol. The van der Waals surface area contributed by atoms with Gasteiger partial charge in [0, 0.05) is 12.1 Å². The SMILES string of the molecule is Cc1ccc(C(=O)NCC(=O)NCCc2ccc(OC(C)C)cc2)cc1. The van der Waals surface area contributed by atoms with Gasteiger partial charge in [-0.1, -0.05) is 29.8 Å². The lowest BCUT2D eigenvalue weighted by Crippen LogP contribution is -2.37. The fraction of sp³-hybridized carbons (Fsp3) is 0.333. The molecule has 2 N–H and O–H groups in total. The van der Waals surface area contributed by atoms with Crippen molar-refractivity contribution in [1.29, 1.82) is 0 Å². The highest BCUT2D eigenvalue weighted by Gasteiger charge is 2.07. The number of carbonyl (C=O) groups excluding carboxylic acids is 2. The molecular formula is C21H26N2O3. The smallest absolute Gasteiger partial charge is 0.251 e. The van der Waals surface area contributed by atoms with Crippen molar-refractivity contribution in [1.82, 2.24) is 10.6 Å². The molecule has 0 aromatic heterocycles. The third-order valence-electron chi connectivity index (χ3n) is 3.75. The van der Waals surface area contributed by atoms with Crippen LogP contribution in [0.1, 0.15) is 35.3 Å². The van der Waals surface area contributed by atoms with E-state index in [1.165, 1.54) is 0 Å². The van der Waals surface area contributed by atoms with Gasteiger partial charge in [-0.05, 0) is 57.0 Å². The molecule has 0 fully saturated rings. The lowest BCUT2D eigenvalue weighted by atomic mass is 10.1. The zero-order valence-corrected chi connectivity index (χ0v) is 15.5. The highest BCUT2D eigenvalue weighted by atomic mass is 16.5. The Morgan fingerprint density at radius 3 is 2.23 bits per heavy atom. The number of amides is 2. The second-order valence-electron chi connectivity index (χ2n) is 6.46. The van der Waals surface area contributed by atoms with E-state index in [4.69, 9.17) is 4.74 Å². The quantitative estimate of drug-likeness (QED) is 0.766. The number of benzene rings is 2. The molecule has 0 aliphatic rings. The van der Waals surface area contributed by atoms with Gasteiger partial charge in [-0.25, -0.2) is 0 Å². The largest absolute Gasteiger partial charge is 0.491 e. The maximum absolute atomic E-state index is 12.0. The zero-order valence-electron chi connectivity index (χ0n) is 15.5. The van der Waals surface area contributed by atoms with Crippen molar-refractivity contribution < 1.29 is 14.3 Å². The molecule has 0 spiro atoms. The van der Waals surface area contributed by atoms with Crippen LogP contribution < -0.4 is 15.4 Å². The highest BCUT2D eigenvalue weighted by molar-refractivity contribution is 5.96. The fourth-order valence-electron chi connectivity index (χ4n) is 2.38. The molecule has 2 amide bonds. The van der Waals surface area contributed by atoms with Crippen LogP contribution in [0, 0.1) is 6.92 Å². The minimum absolute atomic E-state index is 0.0339. The molecule has 0 aliphatic heterocycles. The van der Waals surface area contributed by atoms with E-state index < -0.39 is 0 Å². The number of aryl methyl sites for hydroxylation is 1. The fourth-order valence-corrected chi connectivity index (χ4v) is 2.38. The van der Waals surface area contributed by atoms with Gasteiger partial charge in [0.25, 0.3) is 5.91 Å². The molecule has 2 rings (SSSR count). The predicted molar refractivity (Wildman–Crippen MR) is 102 cm³/mol. The predicted octanol–water partition coefficient (Wildman–Crippen LogP) is 2.87. The summed E-state index contributed by atoms with van der Waals surface area (Å²) in [6, 6.07) is 15.1. The molecule has 0 aliphatic carbocycles. The van der Waals surface area contributed by atoms with Crippen LogP contribution in [0.3, 0.4) is 0 Å². The van der Waals surface area contributed by atoms with Crippen LogP contribution in [-0.2, 0) is 11.2 Å². The summed E-state index contributed by atoms with van der Waals surface area (Å²) in [5.41, 5.74) is 2.75. The lowest BCUT2D eigenvalue weighted by Gasteiger charge is -2.10. The average Bonchev–Trinajstić information content (AvgIpc) is 2.61. The molecule has 0 saturated heterocycles. The topological polar surface area (TPSA) is 67.4 Å². The Kier molecular flexibility index (Phi) is 7.21. The van der Waals surface area contributed by atoms with Crippen molar-refractivity contribution in [2.75, 3.05) is 13.1 Å². The highest BCUT2D eigenvalue weighted by Crippen LogP contribution is 2.13. The summed E-state index contributed by atoms with van der Waals surface area (Å²) >= 11 is 0.